The number of rotatable bonds is 5. The summed E-state index contributed by atoms with van der Waals surface area (Å²) in [6, 6.07) is 2.17. The second kappa shape index (κ2) is 7.58. The molecule has 0 bridgehead atoms. The fourth-order valence-electron chi connectivity index (χ4n) is 1.83. The number of amides is 2. The number of hydrogen-bond donors (Lipinski definition) is 2. The van der Waals surface area contributed by atoms with E-state index in [0.29, 0.717) is 11.0 Å². The molecule has 1 aromatic carbocycles. The Balaban J connectivity index is 2.55. The van der Waals surface area contributed by atoms with Crippen molar-refractivity contribution in [2.24, 2.45) is 0 Å². The summed E-state index contributed by atoms with van der Waals surface area (Å²) >= 11 is 0. The molecule has 2 N–H and O–H groups in total. The van der Waals surface area contributed by atoms with Crippen molar-refractivity contribution in [3.8, 4) is 0 Å². The number of urea groups is 1. The van der Waals surface area contributed by atoms with E-state index in [9.17, 15) is 26.7 Å². The molecule has 9 heteroatoms. The molecule has 0 aliphatic rings. The van der Waals surface area contributed by atoms with Gasteiger partial charge in [0, 0.05) is 25.6 Å². The fourth-order valence-corrected chi connectivity index (χ4v) is 1.83. The van der Waals surface area contributed by atoms with Gasteiger partial charge in [0.15, 0.2) is 6.10 Å². The fraction of sp³-hybridized carbons (Fsp3) is 0.500. The summed E-state index contributed by atoms with van der Waals surface area (Å²) in [6.07, 6.45) is -7.47. The van der Waals surface area contributed by atoms with Gasteiger partial charge in [0.25, 0.3) is 0 Å². The predicted octanol–water partition coefficient (Wildman–Crippen LogP) is 2.63. The van der Waals surface area contributed by atoms with E-state index in [1.54, 1.807) is 6.92 Å². The Morgan fingerprint density at radius 2 is 1.96 bits per heavy atom. The van der Waals surface area contributed by atoms with E-state index in [1.807, 2.05) is 0 Å². The Labute approximate surface area is 129 Å². The Bertz CT molecular complexity index is 550. The molecule has 0 heterocycles. The number of carbonyl (C=O) groups excluding carboxylic acids is 1. The minimum Gasteiger partial charge on any atom is -0.382 e. The van der Waals surface area contributed by atoms with Gasteiger partial charge >= 0.3 is 12.2 Å². The number of alkyl halides is 3. The van der Waals surface area contributed by atoms with Gasteiger partial charge in [-0.25, -0.2) is 13.6 Å². The highest BCUT2D eigenvalue weighted by atomic mass is 19.4. The maximum atomic E-state index is 13.6. The largest absolute Gasteiger partial charge is 0.416 e. The zero-order chi connectivity index (χ0) is 17.8. The van der Waals surface area contributed by atoms with Crippen LogP contribution in [0.5, 0.6) is 0 Å². The van der Waals surface area contributed by atoms with Crippen LogP contribution in [0.1, 0.15) is 18.4 Å². The molecule has 0 spiro atoms. The van der Waals surface area contributed by atoms with Crippen LogP contribution in [0.25, 0.3) is 0 Å². The molecule has 0 aliphatic carbocycles. The summed E-state index contributed by atoms with van der Waals surface area (Å²) in [5.74, 6) is -2.02. The smallest absolute Gasteiger partial charge is 0.382 e. The second-order valence-electron chi connectivity index (χ2n) is 5.19. The van der Waals surface area contributed by atoms with Crippen LogP contribution in [0, 0.1) is 11.6 Å². The standard InChI is InChI=1S/C14H17F5N2O2/c1-8(10-4-3-9(15)5-11(10)16)6-20-13(23)21(2)7-12(22)14(17,18)19/h3-5,8,12,22H,6-7H2,1-2H3,(H,20,23)/t8-,12-/m1/s1. The van der Waals surface area contributed by atoms with E-state index in [-0.39, 0.29) is 12.1 Å². The number of likely N-dealkylation sites (N-methyl/N-ethyl adjacent to an activating group) is 1. The summed E-state index contributed by atoms with van der Waals surface area (Å²) in [6.45, 7) is 0.587. The van der Waals surface area contributed by atoms with Crippen molar-refractivity contribution < 1.29 is 31.9 Å². The molecule has 0 unspecified atom stereocenters. The van der Waals surface area contributed by atoms with Gasteiger partial charge < -0.3 is 15.3 Å². The molecule has 0 saturated heterocycles. The Morgan fingerprint density at radius 3 is 2.48 bits per heavy atom. The molecule has 4 nitrogen and oxygen atoms in total. The molecule has 130 valence electrons. The number of aliphatic hydroxyl groups is 1. The van der Waals surface area contributed by atoms with Gasteiger partial charge in [0.1, 0.15) is 11.6 Å². The van der Waals surface area contributed by atoms with Gasteiger partial charge in [0.2, 0.25) is 0 Å². The molecule has 2 amide bonds. The first-order chi connectivity index (χ1) is 10.5. The number of carbonyl (C=O) groups is 1. The summed E-state index contributed by atoms with van der Waals surface area (Å²) in [4.78, 5) is 12.3. The number of halogens is 5. The molecule has 23 heavy (non-hydrogen) atoms. The number of nitrogens with zero attached hydrogens (tertiary/aromatic N) is 1. The van der Waals surface area contributed by atoms with E-state index in [0.717, 1.165) is 13.1 Å². The zero-order valence-electron chi connectivity index (χ0n) is 12.5. The van der Waals surface area contributed by atoms with Crippen LogP contribution in [0.15, 0.2) is 18.2 Å². The van der Waals surface area contributed by atoms with Gasteiger partial charge in [-0.2, -0.15) is 13.2 Å². The molecular formula is C14H17F5N2O2. The van der Waals surface area contributed by atoms with E-state index in [1.165, 1.54) is 6.07 Å². The van der Waals surface area contributed by atoms with Crippen molar-refractivity contribution >= 4 is 6.03 Å². The Kier molecular flexibility index (Phi) is 6.31. The molecule has 0 radical (unpaired) electrons. The highest BCUT2D eigenvalue weighted by molar-refractivity contribution is 5.73. The summed E-state index contributed by atoms with van der Waals surface area (Å²) in [5, 5.41) is 11.2. The number of benzene rings is 1. The van der Waals surface area contributed by atoms with E-state index < -0.39 is 42.4 Å². The number of nitrogens with one attached hydrogen (secondary N) is 1. The highest BCUT2D eigenvalue weighted by Crippen LogP contribution is 2.21. The SMILES string of the molecule is C[C@H](CNC(=O)N(C)C[C@@H](O)C(F)(F)F)c1ccc(F)cc1F. The maximum absolute atomic E-state index is 13.6. The average Bonchev–Trinajstić information content (AvgIpc) is 2.43. The zero-order valence-corrected chi connectivity index (χ0v) is 12.5. The molecule has 0 aliphatic heterocycles. The Hall–Kier alpha value is -1.90. The van der Waals surface area contributed by atoms with Crippen LogP contribution >= 0.6 is 0 Å². The molecular weight excluding hydrogens is 323 g/mol. The number of aliphatic hydroxyl groups excluding tert-OH is 1. The maximum Gasteiger partial charge on any atom is 0.416 e. The van der Waals surface area contributed by atoms with Gasteiger partial charge in [-0.3, -0.25) is 0 Å². The molecule has 2 atom stereocenters. The van der Waals surface area contributed by atoms with Crippen molar-refractivity contribution in [3.63, 3.8) is 0 Å². The molecule has 0 saturated carbocycles. The van der Waals surface area contributed by atoms with Crippen molar-refractivity contribution in [2.45, 2.75) is 25.1 Å². The normalized spacial score (nSPS) is 14.3. The molecule has 1 rings (SSSR count). The topological polar surface area (TPSA) is 52.6 Å². The second-order valence-corrected chi connectivity index (χ2v) is 5.19. The third-order valence-electron chi connectivity index (χ3n) is 3.22. The lowest BCUT2D eigenvalue weighted by Gasteiger charge is -2.23. The van der Waals surface area contributed by atoms with Gasteiger partial charge in [0.05, 0.1) is 6.54 Å². The summed E-state index contributed by atoms with van der Waals surface area (Å²) < 4.78 is 63.0. The third kappa shape index (κ3) is 5.66. The lowest BCUT2D eigenvalue weighted by Crippen LogP contribution is -2.46. The number of hydrogen-bond acceptors (Lipinski definition) is 2. The summed E-state index contributed by atoms with van der Waals surface area (Å²) in [7, 11) is 1.09. The van der Waals surface area contributed by atoms with Crippen molar-refractivity contribution in [2.75, 3.05) is 20.1 Å². The molecule has 1 aromatic rings. The van der Waals surface area contributed by atoms with E-state index >= 15 is 0 Å². The van der Waals surface area contributed by atoms with Crippen LogP contribution in [0.4, 0.5) is 26.7 Å². The minimum absolute atomic E-state index is 0.0617. The first-order valence-corrected chi connectivity index (χ1v) is 6.71. The quantitative estimate of drug-likeness (QED) is 0.810. The lowest BCUT2D eigenvalue weighted by atomic mass is 10.0. The highest BCUT2D eigenvalue weighted by Gasteiger charge is 2.39. The van der Waals surface area contributed by atoms with E-state index in [4.69, 9.17) is 5.11 Å². The van der Waals surface area contributed by atoms with Gasteiger partial charge in [-0.05, 0) is 11.6 Å². The van der Waals surface area contributed by atoms with E-state index in [2.05, 4.69) is 5.32 Å². The van der Waals surface area contributed by atoms with Gasteiger partial charge in [-0.15, -0.1) is 0 Å². The predicted molar refractivity (Wildman–Crippen MR) is 72.9 cm³/mol. The van der Waals surface area contributed by atoms with Crippen LogP contribution < -0.4 is 5.32 Å². The van der Waals surface area contributed by atoms with Crippen LogP contribution in [0.3, 0.4) is 0 Å². The van der Waals surface area contributed by atoms with Crippen LogP contribution in [-0.2, 0) is 0 Å². The first kappa shape index (κ1) is 19.1. The summed E-state index contributed by atoms with van der Waals surface area (Å²) in [5.41, 5.74) is 0.171. The van der Waals surface area contributed by atoms with Crippen molar-refractivity contribution in [3.05, 3.63) is 35.4 Å². The average molecular weight is 340 g/mol. The first-order valence-electron chi connectivity index (χ1n) is 6.71. The molecule has 0 aromatic heterocycles. The lowest BCUT2D eigenvalue weighted by molar-refractivity contribution is -0.205. The van der Waals surface area contributed by atoms with Gasteiger partial charge in [-0.1, -0.05) is 13.0 Å². The monoisotopic (exact) mass is 340 g/mol. The Morgan fingerprint density at radius 1 is 1.35 bits per heavy atom. The molecule has 0 fully saturated rings. The van der Waals surface area contributed by atoms with Crippen molar-refractivity contribution in [1.29, 1.82) is 0 Å². The minimum atomic E-state index is -4.82. The van der Waals surface area contributed by atoms with Crippen LogP contribution in [0.2, 0.25) is 0 Å². The third-order valence-corrected chi connectivity index (χ3v) is 3.22. The van der Waals surface area contributed by atoms with Crippen LogP contribution in [-0.4, -0.2) is 48.5 Å². The van der Waals surface area contributed by atoms with Crippen molar-refractivity contribution in [1.82, 2.24) is 10.2 Å².